The molecule has 0 aliphatic carbocycles. The van der Waals surface area contributed by atoms with Gasteiger partial charge in [-0.1, -0.05) is 44.2 Å². The van der Waals surface area contributed by atoms with Gasteiger partial charge in [-0.25, -0.2) is 0 Å². The average molecular weight is 277 g/mol. The van der Waals surface area contributed by atoms with E-state index in [2.05, 4.69) is 25.2 Å². The van der Waals surface area contributed by atoms with Crippen LogP contribution < -0.4 is 10.1 Å². The molecule has 1 N–H and O–H groups in total. The number of hydrogen-bond acceptors (Lipinski definition) is 3. The van der Waals surface area contributed by atoms with Crippen molar-refractivity contribution in [2.75, 3.05) is 26.4 Å². The van der Waals surface area contributed by atoms with Crippen LogP contribution in [0.1, 0.15) is 26.3 Å². The maximum absolute atomic E-state index is 5.79. The first-order valence-electron chi connectivity index (χ1n) is 7.34. The normalized spacial score (nSPS) is 11.4. The minimum Gasteiger partial charge on any atom is -0.491 e. The van der Waals surface area contributed by atoms with E-state index in [1.807, 2.05) is 37.3 Å². The Morgan fingerprint density at radius 1 is 1.20 bits per heavy atom. The fourth-order valence-electron chi connectivity index (χ4n) is 1.74. The Bertz CT molecular complexity index is 388. The van der Waals surface area contributed by atoms with Crippen LogP contribution in [0.5, 0.6) is 5.75 Å². The van der Waals surface area contributed by atoms with Crippen LogP contribution in [0.2, 0.25) is 0 Å². The summed E-state index contributed by atoms with van der Waals surface area (Å²) in [6.07, 6.45) is 3.97. The molecule has 0 aliphatic heterocycles. The van der Waals surface area contributed by atoms with Crippen LogP contribution in [0.4, 0.5) is 0 Å². The largest absolute Gasteiger partial charge is 0.491 e. The molecule has 3 nitrogen and oxygen atoms in total. The van der Waals surface area contributed by atoms with Gasteiger partial charge in [-0.15, -0.1) is 0 Å². The summed E-state index contributed by atoms with van der Waals surface area (Å²) in [7, 11) is 0. The lowest BCUT2D eigenvalue weighted by Gasteiger charge is -2.13. The smallest absolute Gasteiger partial charge is 0.123 e. The van der Waals surface area contributed by atoms with Gasteiger partial charge < -0.3 is 14.8 Å². The van der Waals surface area contributed by atoms with E-state index in [1.54, 1.807) is 0 Å². The fourth-order valence-corrected chi connectivity index (χ4v) is 1.74. The van der Waals surface area contributed by atoms with Crippen LogP contribution in [0.15, 0.2) is 36.4 Å². The van der Waals surface area contributed by atoms with Crippen molar-refractivity contribution in [2.45, 2.75) is 27.3 Å². The van der Waals surface area contributed by atoms with E-state index in [1.165, 1.54) is 5.56 Å². The van der Waals surface area contributed by atoms with E-state index in [9.17, 15) is 0 Å². The van der Waals surface area contributed by atoms with Crippen molar-refractivity contribution >= 4 is 0 Å². The maximum atomic E-state index is 5.79. The number of rotatable bonds is 10. The number of allylic oxidation sites excluding steroid dienone is 1. The van der Waals surface area contributed by atoms with Gasteiger partial charge in [0.2, 0.25) is 0 Å². The van der Waals surface area contributed by atoms with Gasteiger partial charge >= 0.3 is 0 Å². The Labute approximate surface area is 123 Å². The summed E-state index contributed by atoms with van der Waals surface area (Å²) in [5.74, 6) is 1.60. The number of hydrogen-bond donors (Lipinski definition) is 1. The average Bonchev–Trinajstić information content (AvgIpc) is 2.44. The predicted molar refractivity (Wildman–Crippen MR) is 84.1 cm³/mol. The van der Waals surface area contributed by atoms with E-state index >= 15 is 0 Å². The highest BCUT2D eigenvalue weighted by atomic mass is 16.5. The molecule has 112 valence electrons. The molecule has 0 radical (unpaired) electrons. The molecule has 0 spiro atoms. The van der Waals surface area contributed by atoms with Crippen molar-refractivity contribution in [1.82, 2.24) is 5.32 Å². The Hall–Kier alpha value is -1.32. The lowest BCUT2D eigenvalue weighted by atomic mass is 10.2. The molecule has 0 heterocycles. The maximum Gasteiger partial charge on any atom is 0.123 e. The third kappa shape index (κ3) is 7.31. The highest BCUT2D eigenvalue weighted by molar-refractivity contribution is 5.33. The molecule has 1 rings (SSSR count). The summed E-state index contributed by atoms with van der Waals surface area (Å²) in [5, 5.41) is 3.44. The molecule has 0 fully saturated rings. The molecule has 0 saturated heterocycles. The molecule has 0 aliphatic rings. The fraction of sp³-hybridized carbons (Fsp3) is 0.529. The first kappa shape index (κ1) is 16.7. The standard InChI is InChI=1S/C17H27NO2/c1-4-5-10-19-11-12-20-17-9-7-6-8-16(17)14-18-13-15(2)3/h4-9,15,18H,10-14H2,1-3H3. The lowest BCUT2D eigenvalue weighted by molar-refractivity contribution is 0.120. The van der Waals surface area contributed by atoms with Crippen molar-refractivity contribution in [3.05, 3.63) is 42.0 Å². The van der Waals surface area contributed by atoms with Crippen molar-refractivity contribution in [3.63, 3.8) is 0 Å². The van der Waals surface area contributed by atoms with Crippen molar-refractivity contribution in [1.29, 1.82) is 0 Å². The first-order chi connectivity index (χ1) is 9.74. The van der Waals surface area contributed by atoms with Crippen LogP contribution in [0.25, 0.3) is 0 Å². The summed E-state index contributed by atoms with van der Waals surface area (Å²) in [4.78, 5) is 0. The van der Waals surface area contributed by atoms with Gasteiger partial charge in [0.1, 0.15) is 12.4 Å². The number of ether oxygens (including phenoxy) is 2. The minimum absolute atomic E-state index is 0.582. The van der Waals surface area contributed by atoms with Crippen molar-refractivity contribution in [2.24, 2.45) is 5.92 Å². The molecular weight excluding hydrogens is 250 g/mol. The molecule has 1 aromatic carbocycles. The number of benzene rings is 1. The van der Waals surface area contributed by atoms with Gasteiger partial charge in [0.05, 0.1) is 13.2 Å². The SMILES string of the molecule is CC=CCOCCOc1ccccc1CNCC(C)C. The summed E-state index contributed by atoms with van der Waals surface area (Å²) in [6, 6.07) is 8.16. The van der Waals surface area contributed by atoms with E-state index in [4.69, 9.17) is 9.47 Å². The van der Waals surface area contributed by atoms with Crippen LogP contribution in [-0.2, 0) is 11.3 Å². The van der Waals surface area contributed by atoms with E-state index in [0.717, 1.165) is 18.8 Å². The highest BCUT2D eigenvalue weighted by Gasteiger charge is 2.03. The zero-order valence-electron chi connectivity index (χ0n) is 12.9. The van der Waals surface area contributed by atoms with Gasteiger partial charge in [0.25, 0.3) is 0 Å². The second-order valence-corrected chi connectivity index (χ2v) is 5.12. The first-order valence-corrected chi connectivity index (χ1v) is 7.34. The van der Waals surface area contributed by atoms with Crippen molar-refractivity contribution in [3.8, 4) is 5.75 Å². The number of para-hydroxylation sites is 1. The molecular formula is C17H27NO2. The molecule has 0 atom stereocenters. The van der Waals surface area contributed by atoms with Crippen LogP contribution in [-0.4, -0.2) is 26.4 Å². The van der Waals surface area contributed by atoms with Gasteiger partial charge in [-0.2, -0.15) is 0 Å². The minimum atomic E-state index is 0.582. The Balaban J connectivity index is 2.33. The molecule has 0 amide bonds. The molecule has 3 heteroatoms. The summed E-state index contributed by atoms with van der Waals surface area (Å²) >= 11 is 0. The molecule has 1 aromatic rings. The van der Waals surface area contributed by atoms with Gasteiger partial charge in [0, 0.05) is 12.1 Å². The summed E-state index contributed by atoms with van der Waals surface area (Å²) in [6.45, 7) is 10.1. The van der Waals surface area contributed by atoms with Crippen LogP contribution in [0.3, 0.4) is 0 Å². The van der Waals surface area contributed by atoms with Crippen LogP contribution in [0, 0.1) is 5.92 Å². The number of nitrogens with one attached hydrogen (secondary N) is 1. The molecule has 0 aromatic heterocycles. The van der Waals surface area contributed by atoms with Gasteiger partial charge in [0.15, 0.2) is 0 Å². The molecule has 20 heavy (non-hydrogen) atoms. The second-order valence-electron chi connectivity index (χ2n) is 5.12. The topological polar surface area (TPSA) is 30.5 Å². The monoisotopic (exact) mass is 277 g/mol. The van der Waals surface area contributed by atoms with E-state index < -0.39 is 0 Å². The highest BCUT2D eigenvalue weighted by Crippen LogP contribution is 2.17. The summed E-state index contributed by atoms with van der Waals surface area (Å²) in [5.41, 5.74) is 1.20. The lowest BCUT2D eigenvalue weighted by Crippen LogP contribution is -2.19. The summed E-state index contributed by atoms with van der Waals surface area (Å²) < 4.78 is 11.2. The molecule has 0 saturated carbocycles. The molecule has 0 bridgehead atoms. The van der Waals surface area contributed by atoms with Gasteiger partial charge in [-0.3, -0.25) is 0 Å². The molecule has 0 unspecified atom stereocenters. The quantitative estimate of drug-likeness (QED) is 0.525. The zero-order valence-corrected chi connectivity index (χ0v) is 12.9. The third-order valence-corrected chi connectivity index (χ3v) is 2.78. The van der Waals surface area contributed by atoms with Crippen molar-refractivity contribution < 1.29 is 9.47 Å². The van der Waals surface area contributed by atoms with E-state index in [-0.39, 0.29) is 0 Å². The Kier molecular flexibility index (Phi) is 8.76. The van der Waals surface area contributed by atoms with Gasteiger partial charge in [-0.05, 0) is 25.5 Å². The van der Waals surface area contributed by atoms with Crippen LogP contribution >= 0.6 is 0 Å². The zero-order chi connectivity index (χ0) is 14.6. The Morgan fingerprint density at radius 2 is 2.00 bits per heavy atom. The predicted octanol–water partition coefficient (Wildman–Crippen LogP) is 3.40. The van der Waals surface area contributed by atoms with E-state index in [0.29, 0.717) is 25.7 Å². The second kappa shape index (κ2) is 10.5. The third-order valence-electron chi connectivity index (χ3n) is 2.78. The Morgan fingerprint density at radius 3 is 2.75 bits per heavy atom.